The zero-order chi connectivity index (χ0) is 17.2. The van der Waals surface area contributed by atoms with Crippen molar-refractivity contribution in [3.8, 4) is 0 Å². The molecule has 7 nitrogen and oxygen atoms in total. The molecule has 0 aliphatic carbocycles. The Labute approximate surface area is 138 Å². The van der Waals surface area contributed by atoms with E-state index in [0.717, 1.165) is 0 Å². The van der Waals surface area contributed by atoms with E-state index < -0.39 is 10.0 Å². The van der Waals surface area contributed by atoms with Gasteiger partial charge in [0.15, 0.2) is 0 Å². The van der Waals surface area contributed by atoms with E-state index in [2.05, 4.69) is 14.9 Å². The van der Waals surface area contributed by atoms with Gasteiger partial charge in [0.2, 0.25) is 0 Å². The zero-order valence-electron chi connectivity index (χ0n) is 12.9. The number of nitrogens with one attached hydrogen (secondary N) is 1. The number of sulfonamides is 1. The van der Waals surface area contributed by atoms with Crippen molar-refractivity contribution >= 4 is 15.7 Å². The van der Waals surface area contributed by atoms with E-state index in [1.165, 1.54) is 40.2 Å². The van der Waals surface area contributed by atoms with Gasteiger partial charge in [-0.05, 0) is 13.0 Å². The minimum atomic E-state index is -3.73. The van der Waals surface area contributed by atoms with Crippen LogP contribution in [0.2, 0.25) is 0 Å². The van der Waals surface area contributed by atoms with Gasteiger partial charge in [-0.25, -0.2) is 12.8 Å². The standard InChI is InChI=1S/C15H16FN5O2S/c1-2-20-11-14(8-18-20)24(22,23)19-13-7-17-21(10-13)9-12-5-3-4-6-15(12)16/h3-8,10-11,19H,2,9H2,1H3. The van der Waals surface area contributed by atoms with Gasteiger partial charge in [-0.3, -0.25) is 14.1 Å². The van der Waals surface area contributed by atoms with Crippen LogP contribution in [-0.4, -0.2) is 28.0 Å². The Morgan fingerprint density at radius 2 is 1.88 bits per heavy atom. The number of halogens is 1. The summed E-state index contributed by atoms with van der Waals surface area (Å²) in [7, 11) is -3.73. The Kier molecular flexibility index (Phi) is 4.34. The SMILES string of the molecule is CCn1cc(S(=O)(=O)Nc2cnn(Cc3ccccc3F)c2)cn1. The fourth-order valence-electron chi connectivity index (χ4n) is 2.17. The van der Waals surface area contributed by atoms with Crippen LogP contribution in [0, 0.1) is 5.82 Å². The van der Waals surface area contributed by atoms with Gasteiger partial charge in [-0.1, -0.05) is 18.2 Å². The molecule has 9 heteroatoms. The van der Waals surface area contributed by atoms with Crippen molar-refractivity contribution in [3.63, 3.8) is 0 Å². The minimum absolute atomic E-state index is 0.0752. The molecule has 2 aromatic heterocycles. The van der Waals surface area contributed by atoms with Gasteiger partial charge in [0.05, 0.1) is 24.6 Å². The first-order chi connectivity index (χ1) is 11.5. The zero-order valence-corrected chi connectivity index (χ0v) is 13.7. The predicted molar refractivity (Wildman–Crippen MR) is 86.4 cm³/mol. The molecule has 1 aromatic carbocycles. The highest BCUT2D eigenvalue weighted by Crippen LogP contribution is 2.16. The number of nitrogens with zero attached hydrogens (tertiary/aromatic N) is 4. The third kappa shape index (κ3) is 3.46. The van der Waals surface area contributed by atoms with E-state index in [1.54, 1.807) is 18.2 Å². The molecule has 0 aliphatic rings. The predicted octanol–water partition coefficient (Wildman–Crippen LogP) is 2.09. The van der Waals surface area contributed by atoms with Crippen LogP contribution < -0.4 is 4.72 Å². The maximum Gasteiger partial charge on any atom is 0.265 e. The minimum Gasteiger partial charge on any atom is -0.276 e. The van der Waals surface area contributed by atoms with E-state index in [-0.39, 0.29) is 17.3 Å². The molecule has 0 saturated carbocycles. The molecule has 0 radical (unpaired) electrons. The van der Waals surface area contributed by atoms with Crippen molar-refractivity contribution in [3.05, 3.63) is 60.4 Å². The average molecular weight is 349 g/mol. The summed E-state index contributed by atoms with van der Waals surface area (Å²) in [5, 5.41) is 8.00. The highest BCUT2D eigenvalue weighted by atomic mass is 32.2. The van der Waals surface area contributed by atoms with E-state index >= 15 is 0 Å². The lowest BCUT2D eigenvalue weighted by Gasteiger charge is -2.04. The van der Waals surface area contributed by atoms with Crippen LogP contribution in [0.15, 0.2) is 53.9 Å². The molecule has 0 bridgehead atoms. The molecule has 126 valence electrons. The number of aryl methyl sites for hydroxylation is 1. The number of aromatic nitrogens is 4. The lowest BCUT2D eigenvalue weighted by Crippen LogP contribution is -2.12. The summed E-state index contributed by atoms with van der Waals surface area (Å²) in [6, 6.07) is 6.36. The Bertz CT molecular complexity index is 948. The normalized spacial score (nSPS) is 11.6. The van der Waals surface area contributed by atoms with Crippen molar-refractivity contribution in [2.75, 3.05) is 4.72 Å². The topological polar surface area (TPSA) is 81.8 Å². The molecule has 1 N–H and O–H groups in total. The van der Waals surface area contributed by atoms with Crippen molar-refractivity contribution in [1.82, 2.24) is 19.6 Å². The molecule has 0 unspecified atom stereocenters. The van der Waals surface area contributed by atoms with Crippen LogP contribution in [-0.2, 0) is 23.1 Å². The van der Waals surface area contributed by atoms with Crippen LogP contribution >= 0.6 is 0 Å². The van der Waals surface area contributed by atoms with Gasteiger partial charge < -0.3 is 0 Å². The van der Waals surface area contributed by atoms with Gasteiger partial charge in [0, 0.05) is 24.5 Å². The lowest BCUT2D eigenvalue weighted by molar-refractivity contribution is 0.585. The van der Waals surface area contributed by atoms with Crippen molar-refractivity contribution < 1.29 is 12.8 Å². The fourth-order valence-corrected chi connectivity index (χ4v) is 3.15. The van der Waals surface area contributed by atoms with Crippen LogP contribution in [0.25, 0.3) is 0 Å². The summed E-state index contributed by atoms with van der Waals surface area (Å²) in [5.74, 6) is -0.331. The third-order valence-electron chi connectivity index (χ3n) is 3.42. The molecule has 0 fully saturated rings. The molecule has 2 heterocycles. The molecule has 0 spiro atoms. The second kappa shape index (κ2) is 6.44. The van der Waals surface area contributed by atoms with E-state index in [0.29, 0.717) is 17.8 Å². The van der Waals surface area contributed by atoms with Crippen molar-refractivity contribution in [2.45, 2.75) is 24.9 Å². The quantitative estimate of drug-likeness (QED) is 0.739. The molecule has 0 amide bonds. The summed E-state index contributed by atoms with van der Waals surface area (Å²) >= 11 is 0. The van der Waals surface area contributed by atoms with Gasteiger partial charge in [-0.2, -0.15) is 10.2 Å². The Hall–Kier alpha value is -2.68. The largest absolute Gasteiger partial charge is 0.276 e. The first-order valence-corrected chi connectivity index (χ1v) is 8.77. The van der Waals surface area contributed by atoms with Crippen molar-refractivity contribution in [2.24, 2.45) is 0 Å². The highest BCUT2D eigenvalue weighted by molar-refractivity contribution is 7.92. The lowest BCUT2D eigenvalue weighted by atomic mass is 10.2. The van der Waals surface area contributed by atoms with Gasteiger partial charge in [0.1, 0.15) is 10.7 Å². The number of rotatable bonds is 6. The first kappa shape index (κ1) is 16.2. The van der Waals surface area contributed by atoms with E-state index in [1.807, 2.05) is 6.92 Å². The molecular weight excluding hydrogens is 333 g/mol. The molecule has 3 aromatic rings. The summed E-state index contributed by atoms with van der Waals surface area (Å²) < 4.78 is 43.7. The molecule has 3 rings (SSSR count). The number of anilines is 1. The molecular formula is C15H16FN5O2S. The number of benzene rings is 1. The Balaban J connectivity index is 1.75. The van der Waals surface area contributed by atoms with Crippen LogP contribution in [0.4, 0.5) is 10.1 Å². The maximum atomic E-state index is 13.6. The van der Waals surface area contributed by atoms with Gasteiger partial charge in [0.25, 0.3) is 10.0 Å². The van der Waals surface area contributed by atoms with E-state index in [4.69, 9.17) is 0 Å². The maximum absolute atomic E-state index is 13.6. The molecule has 0 aliphatic heterocycles. The Morgan fingerprint density at radius 3 is 2.58 bits per heavy atom. The van der Waals surface area contributed by atoms with Crippen LogP contribution in [0.1, 0.15) is 12.5 Å². The van der Waals surface area contributed by atoms with Gasteiger partial charge >= 0.3 is 0 Å². The van der Waals surface area contributed by atoms with E-state index in [9.17, 15) is 12.8 Å². The van der Waals surface area contributed by atoms with Crippen LogP contribution in [0.3, 0.4) is 0 Å². The Morgan fingerprint density at radius 1 is 1.12 bits per heavy atom. The average Bonchev–Trinajstić information content (AvgIpc) is 3.19. The number of hydrogen-bond acceptors (Lipinski definition) is 4. The summed E-state index contributed by atoms with van der Waals surface area (Å²) in [5.41, 5.74) is 0.773. The monoisotopic (exact) mass is 349 g/mol. The second-order valence-corrected chi connectivity index (χ2v) is 6.84. The van der Waals surface area contributed by atoms with Crippen molar-refractivity contribution in [1.29, 1.82) is 0 Å². The third-order valence-corrected chi connectivity index (χ3v) is 4.76. The smallest absolute Gasteiger partial charge is 0.265 e. The molecule has 24 heavy (non-hydrogen) atoms. The van der Waals surface area contributed by atoms with Crippen LogP contribution in [0.5, 0.6) is 0 Å². The molecule has 0 atom stereocenters. The molecule has 0 saturated heterocycles. The summed E-state index contributed by atoms with van der Waals surface area (Å²) in [6.45, 7) is 2.65. The highest BCUT2D eigenvalue weighted by Gasteiger charge is 2.17. The number of hydrogen-bond donors (Lipinski definition) is 1. The fraction of sp³-hybridized carbons (Fsp3) is 0.200. The summed E-state index contributed by atoms with van der Waals surface area (Å²) in [6.07, 6.45) is 5.62. The summed E-state index contributed by atoms with van der Waals surface area (Å²) in [4.78, 5) is 0.0752. The first-order valence-electron chi connectivity index (χ1n) is 7.29. The van der Waals surface area contributed by atoms with Gasteiger partial charge in [-0.15, -0.1) is 0 Å². The second-order valence-electron chi connectivity index (χ2n) is 5.16.